The molecular formula is C20H15ClF3NO3. The van der Waals surface area contributed by atoms with Crippen molar-refractivity contribution in [1.29, 1.82) is 0 Å². The quantitative estimate of drug-likeness (QED) is 0.600. The van der Waals surface area contributed by atoms with Gasteiger partial charge in [0.15, 0.2) is 6.10 Å². The second-order valence-corrected chi connectivity index (χ2v) is 6.49. The molecule has 8 heteroatoms. The average Bonchev–Trinajstić information content (AvgIpc) is 2.62. The number of hydrogen-bond donors (Lipinski definition) is 1. The van der Waals surface area contributed by atoms with Crippen LogP contribution in [0.4, 0.5) is 13.2 Å². The maximum Gasteiger partial charge on any atom is 0.416 e. The molecule has 0 aromatic heterocycles. The van der Waals surface area contributed by atoms with Gasteiger partial charge in [-0.3, -0.25) is 4.79 Å². The number of carbonyl (C=O) groups is 1. The normalized spacial score (nSPS) is 12.6. The molecule has 0 aliphatic rings. The summed E-state index contributed by atoms with van der Waals surface area (Å²) in [5, 5.41) is 1.47. The lowest BCUT2D eigenvalue weighted by Gasteiger charge is -2.13. The molecule has 146 valence electrons. The van der Waals surface area contributed by atoms with Gasteiger partial charge >= 0.3 is 6.18 Å². The Hall–Kier alpha value is -2.93. The number of benzene rings is 3. The Kier molecular flexibility index (Phi) is 5.38. The molecule has 28 heavy (non-hydrogen) atoms. The van der Waals surface area contributed by atoms with Gasteiger partial charge in [-0.1, -0.05) is 23.7 Å². The highest BCUT2D eigenvalue weighted by Gasteiger charge is 2.31. The lowest BCUT2D eigenvalue weighted by Crippen LogP contribution is -2.30. The van der Waals surface area contributed by atoms with Gasteiger partial charge in [0, 0.05) is 0 Å². The summed E-state index contributed by atoms with van der Waals surface area (Å²) in [5.41, 5.74) is 4.34. The van der Waals surface area contributed by atoms with E-state index in [4.69, 9.17) is 26.8 Å². The Morgan fingerprint density at radius 1 is 1.00 bits per heavy atom. The molecule has 1 unspecified atom stereocenters. The van der Waals surface area contributed by atoms with Gasteiger partial charge in [-0.25, -0.2) is 0 Å². The Labute approximate surface area is 163 Å². The van der Waals surface area contributed by atoms with Crippen LogP contribution in [0, 0.1) is 0 Å². The zero-order valence-electron chi connectivity index (χ0n) is 14.6. The van der Waals surface area contributed by atoms with E-state index in [1.165, 1.54) is 6.07 Å². The molecule has 3 aromatic carbocycles. The minimum Gasteiger partial charge on any atom is -0.481 e. The fraction of sp³-hybridized carbons (Fsp3) is 0.150. The Morgan fingerprint density at radius 2 is 1.64 bits per heavy atom. The van der Waals surface area contributed by atoms with Crippen LogP contribution in [0.5, 0.6) is 17.2 Å². The number of carbonyl (C=O) groups excluding carboxylic acids is 1. The highest BCUT2D eigenvalue weighted by molar-refractivity contribution is 6.32. The molecule has 0 saturated carbocycles. The van der Waals surface area contributed by atoms with Crippen LogP contribution in [-0.2, 0) is 11.0 Å². The Bertz CT molecular complexity index is 1040. The predicted octanol–water partition coefficient (Wildman–Crippen LogP) is 5.56. The zero-order valence-corrected chi connectivity index (χ0v) is 15.3. The van der Waals surface area contributed by atoms with Gasteiger partial charge in [0.25, 0.3) is 5.91 Å². The summed E-state index contributed by atoms with van der Waals surface area (Å²) in [6, 6.07) is 13.2. The Balaban J connectivity index is 1.86. The highest BCUT2D eigenvalue weighted by atomic mass is 35.5. The number of alkyl halides is 3. The summed E-state index contributed by atoms with van der Waals surface area (Å²) >= 11 is 5.93. The van der Waals surface area contributed by atoms with Gasteiger partial charge in [-0.05, 0) is 60.2 Å². The van der Waals surface area contributed by atoms with Crippen molar-refractivity contribution in [2.75, 3.05) is 0 Å². The molecule has 4 nitrogen and oxygen atoms in total. The van der Waals surface area contributed by atoms with Gasteiger partial charge in [0.05, 0.1) is 10.6 Å². The smallest absolute Gasteiger partial charge is 0.416 e. The summed E-state index contributed by atoms with van der Waals surface area (Å²) < 4.78 is 49.3. The van der Waals surface area contributed by atoms with Crippen LogP contribution in [0.1, 0.15) is 12.5 Å². The first-order valence-corrected chi connectivity index (χ1v) is 8.55. The first-order valence-electron chi connectivity index (χ1n) is 8.18. The predicted molar refractivity (Wildman–Crippen MR) is 99.8 cm³/mol. The van der Waals surface area contributed by atoms with Crippen molar-refractivity contribution in [3.63, 3.8) is 0 Å². The highest BCUT2D eigenvalue weighted by Crippen LogP contribution is 2.37. The van der Waals surface area contributed by atoms with Crippen molar-refractivity contribution in [3.8, 4) is 17.2 Å². The summed E-state index contributed by atoms with van der Waals surface area (Å²) in [5.74, 6) is 0.343. The average molecular weight is 410 g/mol. The molecular weight excluding hydrogens is 395 g/mol. The molecule has 0 saturated heterocycles. The van der Waals surface area contributed by atoms with E-state index >= 15 is 0 Å². The van der Waals surface area contributed by atoms with Gasteiger partial charge in [0.2, 0.25) is 0 Å². The second kappa shape index (κ2) is 7.59. The number of hydrogen-bond acceptors (Lipinski definition) is 3. The second-order valence-electron chi connectivity index (χ2n) is 6.08. The lowest BCUT2D eigenvalue weighted by atomic mass is 10.1. The standard InChI is InChI=1S/C20H15ClF3NO3/c1-11(19(25)26)27-15-5-2-12-3-6-16(9-13(12)8-15)28-18-7-4-14(10-17(18)21)20(22,23)24/h2-11H,1H3,(H2,25,26). The van der Waals surface area contributed by atoms with E-state index in [1.807, 2.05) is 0 Å². The molecule has 0 bridgehead atoms. The molecule has 3 rings (SSSR count). The number of primary amides is 1. The fourth-order valence-electron chi connectivity index (χ4n) is 2.49. The third-order valence-corrected chi connectivity index (χ3v) is 4.28. The SMILES string of the molecule is CC(Oc1ccc2ccc(Oc3ccc(C(F)(F)F)cc3Cl)cc2c1)C(N)=O. The summed E-state index contributed by atoms with van der Waals surface area (Å²) in [6.45, 7) is 1.54. The minimum atomic E-state index is -4.48. The van der Waals surface area contributed by atoms with Crippen molar-refractivity contribution in [3.05, 3.63) is 65.2 Å². The topological polar surface area (TPSA) is 61.6 Å². The van der Waals surface area contributed by atoms with Crippen LogP contribution in [0.15, 0.2) is 54.6 Å². The molecule has 3 aromatic rings. The van der Waals surface area contributed by atoms with Crippen LogP contribution in [0.25, 0.3) is 10.8 Å². The van der Waals surface area contributed by atoms with Crippen LogP contribution in [0.3, 0.4) is 0 Å². The van der Waals surface area contributed by atoms with Crippen LogP contribution in [-0.4, -0.2) is 12.0 Å². The van der Waals surface area contributed by atoms with E-state index in [0.29, 0.717) is 11.5 Å². The van der Waals surface area contributed by atoms with Crippen LogP contribution >= 0.6 is 11.6 Å². The number of ether oxygens (including phenoxy) is 2. The monoisotopic (exact) mass is 409 g/mol. The van der Waals surface area contributed by atoms with Gasteiger partial charge in [-0.15, -0.1) is 0 Å². The molecule has 0 radical (unpaired) electrons. The van der Waals surface area contributed by atoms with Crippen molar-refractivity contribution in [1.82, 2.24) is 0 Å². The summed E-state index contributed by atoms with van der Waals surface area (Å²) in [7, 11) is 0. The van der Waals surface area contributed by atoms with E-state index in [-0.39, 0.29) is 10.8 Å². The van der Waals surface area contributed by atoms with E-state index in [9.17, 15) is 18.0 Å². The van der Waals surface area contributed by atoms with Gasteiger partial charge in [0.1, 0.15) is 17.2 Å². The van der Waals surface area contributed by atoms with Crippen molar-refractivity contribution >= 4 is 28.3 Å². The van der Waals surface area contributed by atoms with E-state index in [1.54, 1.807) is 43.3 Å². The number of halogens is 4. The fourth-order valence-corrected chi connectivity index (χ4v) is 2.71. The zero-order chi connectivity index (χ0) is 20.5. The van der Waals surface area contributed by atoms with Crippen LogP contribution < -0.4 is 15.2 Å². The number of fused-ring (bicyclic) bond motifs is 1. The molecule has 2 N–H and O–H groups in total. The largest absolute Gasteiger partial charge is 0.481 e. The summed E-state index contributed by atoms with van der Waals surface area (Å²) in [6.07, 6.45) is -5.27. The molecule has 0 heterocycles. The molecule has 0 fully saturated rings. The minimum absolute atomic E-state index is 0.101. The molecule has 0 aliphatic carbocycles. The summed E-state index contributed by atoms with van der Waals surface area (Å²) in [4.78, 5) is 11.1. The van der Waals surface area contributed by atoms with Gasteiger partial charge < -0.3 is 15.2 Å². The molecule has 1 amide bonds. The third kappa shape index (κ3) is 4.48. The molecule has 1 atom stereocenters. The first-order chi connectivity index (χ1) is 13.1. The molecule has 0 spiro atoms. The number of rotatable bonds is 5. The van der Waals surface area contributed by atoms with Crippen molar-refractivity contribution in [2.45, 2.75) is 19.2 Å². The number of nitrogens with two attached hydrogens (primary N) is 1. The van der Waals surface area contributed by atoms with E-state index < -0.39 is 23.8 Å². The van der Waals surface area contributed by atoms with Crippen molar-refractivity contribution < 1.29 is 27.4 Å². The van der Waals surface area contributed by atoms with Crippen LogP contribution in [0.2, 0.25) is 5.02 Å². The third-order valence-electron chi connectivity index (χ3n) is 3.98. The van der Waals surface area contributed by atoms with Gasteiger partial charge in [-0.2, -0.15) is 13.2 Å². The van der Waals surface area contributed by atoms with E-state index in [0.717, 1.165) is 22.9 Å². The first kappa shape index (κ1) is 19.8. The lowest BCUT2D eigenvalue weighted by molar-refractivity contribution is -0.137. The molecule has 0 aliphatic heterocycles. The maximum atomic E-state index is 12.7. The maximum absolute atomic E-state index is 12.7. The van der Waals surface area contributed by atoms with E-state index in [2.05, 4.69) is 0 Å². The Morgan fingerprint density at radius 3 is 2.25 bits per heavy atom. The number of amides is 1. The van der Waals surface area contributed by atoms with Crippen molar-refractivity contribution in [2.24, 2.45) is 5.73 Å².